The number of ether oxygens (including phenoxy) is 1. The summed E-state index contributed by atoms with van der Waals surface area (Å²) in [5, 5.41) is 9.04. The Morgan fingerprint density at radius 1 is 1.12 bits per heavy atom. The lowest BCUT2D eigenvalue weighted by Gasteiger charge is -2.37. The molecule has 100 valence electrons. The van der Waals surface area contributed by atoms with E-state index in [1.165, 1.54) is 13.1 Å². The van der Waals surface area contributed by atoms with Gasteiger partial charge in [-0.2, -0.15) is 0 Å². The van der Waals surface area contributed by atoms with Crippen molar-refractivity contribution in [1.82, 2.24) is 9.80 Å². The number of aliphatic hydroxyl groups is 1. The zero-order chi connectivity index (χ0) is 12.3. The van der Waals surface area contributed by atoms with Crippen LogP contribution in [0.1, 0.15) is 26.7 Å². The van der Waals surface area contributed by atoms with E-state index in [1.807, 2.05) is 0 Å². The molecule has 0 aromatic heterocycles. The first-order valence-electron chi connectivity index (χ1n) is 6.91. The lowest BCUT2D eigenvalue weighted by atomic mass is 10.2. The van der Waals surface area contributed by atoms with E-state index in [9.17, 15) is 0 Å². The number of hydrogen-bond donors (Lipinski definition) is 1. The molecule has 2 aliphatic rings. The van der Waals surface area contributed by atoms with Gasteiger partial charge in [-0.15, -0.1) is 0 Å². The average molecular weight is 242 g/mol. The second kappa shape index (κ2) is 6.14. The van der Waals surface area contributed by atoms with E-state index in [0.29, 0.717) is 12.1 Å². The third-order valence-electron chi connectivity index (χ3n) is 4.00. The molecule has 0 saturated carbocycles. The second-order valence-corrected chi connectivity index (χ2v) is 5.57. The van der Waals surface area contributed by atoms with Crippen LogP contribution in [-0.2, 0) is 4.74 Å². The molecule has 0 unspecified atom stereocenters. The average Bonchev–Trinajstić information content (AvgIpc) is 2.77. The van der Waals surface area contributed by atoms with Crippen molar-refractivity contribution in [3.8, 4) is 0 Å². The van der Waals surface area contributed by atoms with Crippen molar-refractivity contribution in [2.45, 2.75) is 44.9 Å². The van der Waals surface area contributed by atoms with Gasteiger partial charge in [0.15, 0.2) is 0 Å². The first-order chi connectivity index (χ1) is 8.19. The van der Waals surface area contributed by atoms with Crippen LogP contribution in [0.2, 0.25) is 0 Å². The van der Waals surface area contributed by atoms with E-state index in [4.69, 9.17) is 9.84 Å². The molecule has 2 saturated heterocycles. The summed E-state index contributed by atoms with van der Waals surface area (Å²) in [5.74, 6) is 0. The van der Waals surface area contributed by atoms with Crippen LogP contribution in [0, 0.1) is 0 Å². The van der Waals surface area contributed by atoms with Crippen molar-refractivity contribution < 1.29 is 9.84 Å². The summed E-state index contributed by atoms with van der Waals surface area (Å²) < 4.78 is 5.78. The van der Waals surface area contributed by atoms with Gasteiger partial charge in [-0.05, 0) is 26.7 Å². The molecule has 0 amide bonds. The lowest BCUT2D eigenvalue weighted by molar-refractivity contribution is -0.0114. The van der Waals surface area contributed by atoms with Crippen molar-refractivity contribution in [3.05, 3.63) is 0 Å². The van der Waals surface area contributed by atoms with Crippen molar-refractivity contribution in [2.75, 3.05) is 39.3 Å². The molecule has 0 bridgehead atoms. The summed E-state index contributed by atoms with van der Waals surface area (Å²) in [6.07, 6.45) is 2.57. The van der Waals surface area contributed by atoms with Crippen LogP contribution in [0.5, 0.6) is 0 Å². The molecule has 1 N–H and O–H groups in total. The Bertz CT molecular complexity index is 227. The smallest absolute Gasteiger partial charge is 0.0811 e. The summed E-state index contributed by atoms with van der Waals surface area (Å²) in [7, 11) is 0. The molecule has 0 radical (unpaired) electrons. The van der Waals surface area contributed by atoms with Crippen molar-refractivity contribution >= 4 is 0 Å². The maximum Gasteiger partial charge on any atom is 0.0811 e. The second-order valence-electron chi connectivity index (χ2n) is 5.57. The number of hydrogen-bond acceptors (Lipinski definition) is 4. The van der Waals surface area contributed by atoms with E-state index >= 15 is 0 Å². The highest BCUT2D eigenvalue weighted by Gasteiger charge is 2.27. The van der Waals surface area contributed by atoms with Gasteiger partial charge in [-0.3, -0.25) is 9.80 Å². The number of rotatable bonds is 4. The van der Waals surface area contributed by atoms with Gasteiger partial charge >= 0.3 is 0 Å². The fourth-order valence-corrected chi connectivity index (χ4v) is 2.80. The maximum absolute atomic E-state index is 9.04. The minimum Gasteiger partial charge on any atom is -0.394 e. The van der Waals surface area contributed by atoms with Crippen LogP contribution in [0.3, 0.4) is 0 Å². The Labute approximate surface area is 105 Å². The molecule has 4 heteroatoms. The Kier molecular flexibility index (Phi) is 4.79. The number of piperazine rings is 1. The fraction of sp³-hybridized carbons (Fsp3) is 1.00. The molecule has 0 aromatic rings. The zero-order valence-corrected chi connectivity index (χ0v) is 11.1. The quantitative estimate of drug-likeness (QED) is 0.781. The Balaban J connectivity index is 1.68. The molecule has 2 heterocycles. The summed E-state index contributed by atoms with van der Waals surface area (Å²) in [4.78, 5) is 5.03. The third kappa shape index (κ3) is 3.65. The standard InChI is InChI=1S/C13H26N2O2/c1-11(2)15-7-5-14(6-8-15)9-12-3-4-13(10-16)17-12/h11-13,16H,3-10H2,1-2H3/t12-,13+/m0/s1. The zero-order valence-electron chi connectivity index (χ0n) is 11.1. The van der Waals surface area contributed by atoms with Crippen LogP contribution in [0.15, 0.2) is 0 Å². The van der Waals surface area contributed by atoms with Crippen LogP contribution >= 0.6 is 0 Å². The Morgan fingerprint density at radius 3 is 2.29 bits per heavy atom. The molecule has 2 rings (SSSR count). The van der Waals surface area contributed by atoms with Crippen molar-refractivity contribution in [3.63, 3.8) is 0 Å². The molecule has 2 aliphatic heterocycles. The Hall–Kier alpha value is -0.160. The van der Waals surface area contributed by atoms with Gasteiger partial charge in [0.05, 0.1) is 18.8 Å². The fourth-order valence-electron chi connectivity index (χ4n) is 2.80. The van der Waals surface area contributed by atoms with E-state index in [0.717, 1.165) is 32.5 Å². The van der Waals surface area contributed by atoms with E-state index in [-0.39, 0.29) is 12.7 Å². The first-order valence-corrected chi connectivity index (χ1v) is 6.91. The maximum atomic E-state index is 9.04. The molecule has 17 heavy (non-hydrogen) atoms. The molecule has 0 spiro atoms. The molecular weight excluding hydrogens is 216 g/mol. The molecule has 4 nitrogen and oxygen atoms in total. The molecular formula is C13H26N2O2. The largest absolute Gasteiger partial charge is 0.394 e. The van der Waals surface area contributed by atoms with Gasteiger partial charge in [0.1, 0.15) is 0 Å². The molecule has 2 fully saturated rings. The van der Waals surface area contributed by atoms with E-state index < -0.39 is 0 Å². The normalized spacial score (nSPS) is 32.5. The summed E-state index contributed by atoms with van der Waals surface area (Å²) in [5.41, 5.74) is 0. The minimum atomic E-state index is 0.0944. The van der Waals surface area contributed by atoms with Crippen molar-refractivity contribution in [1.29, 1.82) is 0 Å². The SMILES string of the molecule is CC(C)N1CCN(C[C@@H]2CC[C@H](CO)O2)CC1. The highest BCUT2D eigenvalue weighted by Crippen LogP contribution is 2.20. The monoisotopic (exact) mass is 242 g/mol. The predicted molar refractivity (Wildman–Crippen MR) is 68.1 cm³/mol. The van der Waals surface area contributed by atoms with Crippen LogP contribution in [0.4, 0.5) is 0 Å². The molecule has 0 aromatic carbocycles. The first kappa shape index (κ1) is 13.3. The van der Waals surface area contributed by atoms with Gasteiger partial charge in [0.25, 0.3) is 0 Å². The van der Waals surface area contributed by atoms with Crippen LogP contribution in [0.25, 0.3) is 0 Å². The summed E-state index contributed by atoms with van der Waals surface area (Å²) >= 11 is 0. The Morgan fingerprint density at radius 2 is 1.76 bits per heavy atom. The molecule has 2 atom stereocenters. The number of nitrogens with zero attached hydrogens (tertiary/aromatic N) is 2. The summed E-state index contributed by atoms with van der Waals surface area (Å²) in [6.45, 7) is 10.4. The highest BCUT2D eigenvalue weighted by molar-refractivity contribution is 4.80. The van der Waals surface area contributed by atoms with E-state index in [1.54, 1.807) is 0 Å². The lowest BCUT2D eigenvalue weighted by Crippen LogP contribution is -2.50. The van der Waals surface area contributed by atoms with Crippen LogP contribution in [-0.4, -0.2) is 72.5 Å². The van der Waals surface area contributed by atoms with Gasteiger partial charge in [-0.25, -0.2) is 0 Å². The summed E-state index contributed by atoms with van der Waals surface area (Å²) in [6, 6.07) is 0.665. The van der Waals surface area contributed by atoms with Crippen molar-refractivity contribution in [2.24, 2.45) is 0 Å². The van der Waals surface area contributed by atoms with Gasteiger partial charge in [0.2, 0.25) is 0 Å². The minimum absolute atomic E-state index is 0.0944. The van der Waals surface area contributed by atoms with Gasteiger partial charge in [0, 0.05) is 38.8 Å². The number of aliphatic hydroxyl groups excluding tert-OH is 1. The highest BCUT2D eigenvalue weighted by atomic mass is 16.5. The third-order valence-corrected chi connectivity index (χ3v) is 4.00. The van der Waals surface area contributed by atoms with Crippen LogP contribution < -0.4 is 0 Å². The molecule has 0 aliphatic carbocycles. The predicted octanol–water partition coefficient (Wildman–Crippen LogP) is 0.552. The van der Waals surface area contributed by atoms with Gasteiger partial charge in [-0.1, -0.05) is 0 Å². The van der Waals surface area contributed by atoms with Gasteiger partial charge < -0.3 is 9.84 Å². The van der Waals surface area contributed by atoms with E-state index in [2.05, 4.69) is 23.6 Å². The topological polar surface area (TPSA) is 35.9 Å².